The van der Waals surface area contributed by atoms with Crippen molar-refractivity contribution in [1.82, 2.24) is 0 Å². The number of amides is 2. The van der Waals surface area contributed by atoms with Gasteiger partial charge in [0.25, 0.3) is 11.8 Å². The van der Waals surface area contributed by atoms with Crippen LogP contribution in [0, 0.1) is 0 Å². The van der Waals surface area contributed by atoms with Crippen LogP contribution in [0.4, 0.5) is 24.5 Å². The van der Waals surface area contributed by atoms with E-state index in [0.29, 0.717) is 22.9 Å². The average Bonchev–Trinajstić information content (AvgIpc) is 2.77. The lowest BCUT2D eigenvalue weighted by Gasteiger charge is -2.11. The Hall–Kier alpha value is -3.66. The molecule has 0 aromatic heterocycles. The summed E-state index contributed by atoms with van der Waals surface area (Å²) in [5.74, 6) is 0.0135. The number of ether oxygens (including phenoxy) is 2. The highest BCUT2D eigenvalue weighted by Crippen LogP contribution is 2.36. The lowest BCUT2D eigenvalue weighted by Crippen LogP contribution is -2.20. The lowest BCUT2D eigenvalue weighted by molar-refractivity contribution is -0.118. The molecule has 6 nitrogen and oxygen atoms in total. The van der Waals surface area contributed by atoms with Crippen LogP contribution in [0.2, 0.25) is 0 Å². The molecule has 0 unspecified atom stereocenters. The number of thioether (sulfide) groups is 1. The summed E-state index contributed by atoms with van der Waals surface area (Å²) in [6.07, 6.45) is 0. The van der Waals surface area contributed by atoms with Crippen LogP contribution in [-0.2, 0) is 4.79 Å². The first-order valence-corrected chi connectivity index (χ1v) is 10.4. The zero-order valence-electron chi connectivity index (χ0n) is 17.3. The fraction of sp³-hybridized carbons (Fsp3) is 0.130. The number of alkyl halides is 3. The second-order valence-corrected chi connectivity index (χ2v) is 7.73. The summed E-state index contributed by atoms with van der Waals surface area (Å²) in [6, 6.07) is 18.4. The number of rotatable bonds is 8. The molecule has 3 aromatic rings. The number of carbonyl (C=O) groups is 2. The Kier molecular flexibility index (Phi) is 7.83. The van der Waals surface area contributed by atoms with E-state index < -0.39 is 17.3 Å². The lowest BCUT2D eigenvalue weighted by atomic mass is 10.2. The van der Waals surface area contributed by atoms with E-state index in [1.165, 1.54) is 31.4 Å². The number of halogens is 3. The number of carbonyl (C=O) groups excluding carboxylic acids is 2. The van der Waals surface area contributed by atoms with Crippen LogP contribution in [-0.4, -0.2) is 31.0 Å². The van der Waals surface area contributed by atoms with Gasteiger partial charge in [-0.15, -0.1) is 0 Å². The molecule has 0 heterocycles. The fourth-order valence-corrected chi connectivity index (χ4v) is 3.30. The zero-order valence-corrected chi connectivity index (χ0v) is 18.1. The molecule has 0 spiro atoms. The van der Waals surface area contributed by atoms with Gasteiger partial charge in [0.1, 0.15) is 0 Å². The number of anilines is 2. The predicted molar refractivity (Wildman–Crippen MR) is 120 cm³/mol. The fourth-order valence-electron chi connectivity index (χ4n) is 2.76. The normalized spacial score (nSPS) is 10.9. The summed E-state index contributed by atoms with van der Waals surface area (Å²) >= 11 is -0.252. The Bertz CT molecular complexity index is 1120. The molecule has 0 aliphatic rings. The molecule has 0 atom stereocenters. The van der Waals surface area contributed by atoms with Crippen LogP contribution >= 0.6 is 11.8 Å². The van der Waals surface area contributed by atoms with Gasteiger partial charge in [-0.25, -0.2) is 0 Å². The van der Waals surface area contributed by atoms with Crippen LogP contribution in [0.5, 0.6) is 11.5 Å². The molecule has 0 saturated heterocycles. The second kappa shape index (κ2) is 10.8. The summed E-state index contributed by atoms with van der Waals surface area (Å²) in [4.78, 5) is 24.6. The number of nitrogens with one attached hydrogen (secondary N) is 2. The van der Waals surface area contributed by atoms with Crippen molar-refractivity contribution in [2.75, 3.05) is 24.4 Å². The van der Waals surface area contributed by atoms with E-state index in [1.807, 2.05) is 0 Å². The van der Waals surface area contributed by atoms with Crippen LogP contribution < -0.4 is 20.1 Å². The highest BCUT2D eigenvalue weighted by Gasteiger charge is 2.29. The molecule has 2 amide bonds. The van der Waals surface area contributed by atoms with Crippen molar-refractivity contribution in [1.29, 1.82) is 0 Å². The molecule has 0 fully saturated rings. The maximum atomic E-state index is 12.4. The van der Waals surface area contributed by atoms with Crippen molar-refractivity contribution in [2.45, 2.75) is 10.4 Å². The number of methoxy groups -OCH3 is 1. The molecule has 0 saturated carbocycles. The molecule has 3 aromatic carbocycles. The van der Waals surface area contributed by atoms with E-state index in [1.54, 1.807) is 48.5 Å². The molecule has 0 bridgehead atoms. The molecule has 3 rings (SSSR count). The molecule has 0 aliphatic carbocycles. The van der Waals surface area contributed by atoms with E-state index in [2.05, 4.69) is 10.6 Å². The van der Waals surface area contributed by atoms with Crippen molar-refractivity contribution >= 4 is 35.0 Å². The Balaban J connectivity index is 1.56. The SMILES string of the molecule is COc1ccccc1OCC(=O)Nc1cccc(NC(=O)c2ccc(SC(F)(F)F)cc2)c1. The van der Waals surface area contributed by atoms with Gasteiger partial charge in [0.05, 0.1) is 7.11 Å². The maximum Gasteiger partial charge on any atom is 0.446 e. The van der Waals surface area contributed by atoms with E-state index in [9.17, 15) is 22.8 Å². The molecular formula is C23H19F3N2O4S. The van der Waals surface area contributed by atoms with Crippen LogP contribution in [0.1, 0.15) is 10.4 Å². The Morgan fingerprint density at radius 3 is 2.15 bits per heavy atom. The minimum atomic E-state index is -4.40. The first-order valence-electron chi connectivity index (χ1n) is 9.56. The standard InChI is InChI=1S/C23H19F3N2O4S/c1-31-19-7-2-3-8-20(19)32-14-21(29)27-16-5-4-6-17(13-16)28-22(30)15-9-11-18(12-10-15)33-23(24,25)26/h2-13H,14H2,1H3,(H,27,29)(H,28,30). The first-order chi connectivity index (χ1) is 15.7. The van der Waals surface area contributed by atoms with E-state index >= 15 is 0 Å². The van der Waals surface area contributed by atoms with Crippen LogP contribution in [0.25, 0.3) is 0 Å². The molecule has 172 valence electrons. The molecule has 33 heavy (non-hydrogen) atoms. The summed E-state index contributed by atoms with van der Waals surface area (Å²) < 4.78 is 47.9. The number of hydrogen-bond donors (Lipinski definition) is 2. The van der Waals surface area contributed by atoms with Crippen molar-refractivity contribution in [3.63, 3.8) is 0 Å². The largest absolute Gasteiger partial charge is 0.493 e. The Labute approximate surface area is 192 Å². The zero-order chi connectivity index (χ0) is 23.8. The Morgan fingerprint density at radius 1 is 0.879 bits per heavy atom. The first kappa shape index (κ1) is 24.0. The monoisotopic (exact) mass is 476 g/mol. The van der Waals surface area contributed by atoms with Gasteiger partial charge in [0, 0.05) is 21.8 Å². The third-order valence-corrected chi connectivity index (χ3v) is 4.92. The highest BCUT2D eigenvalue weighted by molar-refractivity contribution is 8.00. The van der Waals surface area contributed by atoms with E-state index in [0.717, 1.165) is 0 Å². The minimum absolute atomic E-state index is 0.0147. The van der Waals surface area contributed by atoms with Gasteiger partial charge >= 0.3 is 5.51 Å². The van der Waals surface area contributed by atoms with E-state index in [-0.39, 0.29) is 28.8 Å². The smallest absolute Gasteiger partial charge is 0.446 e. The molecule has 0 radical (unpaired) electrons. The van der Waals surface area contributed by atoms with Gasteiger partial charge in [0.15, 0.2) is 18.1 Å². The summed E-state index contributed by atoms with van der Waals surface area (Å²) in [6.45, 7) is -0.251. The maximum absolute atomic E-state index is 12.4. The number of hydrogen-bond acceptors (Lipinski definition) is 5. The average molecular weight is 476 g/mol. The van der Waals surface area contributed by atoms with Gasteiger partial charge in [-0.3, -0.25) is 9.59 Å². The quantitative estimate of drug-likeness (QED) is 0.416. The van der Waals surface area contributed by atoms with Crippen molar-refractivity contribution in [2.24, 2.45) is 0 Å². The van der Waals surface area contributed by atoms with Crippen molar-refractivity contribution in [3.05, 3.63) is 78.4 Å². The summed E-state index contributed by atoms with van der Waals surface area (Å²) in [5.41, 5.74) is -3.37. The van der Waals surface area contributed by atoms with Crippen LogP contribution in [0.3, 0.4) is 0 Å². The molecule has 10 heteroatoms. The topological polar surface area (TPSA) is 76.7 Å². The van der Waals surface area contributed by atoms with Gasteiger partial charge < -0.3 is 20.1 Å². The van der Waals surface area contributed by atoms with Gasteiger partial charge in [0.2, 0.25) is 0 Å². The Morgan fingerprint density at radius 2 is 1.52 bits per heavy atom. The van der Waals surface area contributed by atoms with E-state index in [4.69, 9.17) is 9.47 Å². The third kappa shape index (κ3) is 7.46. The molecular weight excluding hydrogens is 457 g/mol. The summed E-state index contributed by atoms with van der Waals surface area (Å²) in [7, 11) is 1.50. The summed E-state index contributed by atoms with van der Waals surface area (Å²) in [5, 5.41) is 5.31. The van der Waals surface area contributed by atoms with Gasteiger partial charge in [-0.2, -0.15) is 13.2 Å². The highest BCUT2D eigenvalue weighted by atomic mass is 32.2. The van der Waals surface area contributed by atoms with Gasteiger partial charge in [-0.1, -0.05) is 18.2 Å². The minimum Gasteiger partial charge on any atom is -0.493 e. The van der Waals surface area contributed by atoms with Crippen LogP contribution in [0.15, 0.2) is 77.7 Å². The van der Waals surface area contributed by atoms with Gasteiger partial charge in [-0.05, 0) is 66.4 Å². The predicted octanol–water partition coefficient (Wildman–Crippen LogP) is 5.58. The molecule has 0 aliphatic heterocycles. The van der Waals surface area contributed by atoms with Crippen molar-refractivity contribution < 1.29 is 32.2 Å². The third-order valence-electron chi connectivity index (χ3n) is 4.18. The number of para-hydroxylation sites is 2. The second-order valence-electron chi connectivity index (χ2n) is 6.59. The number of benzene rings is 3. The van der Waals surface area contributed by atoms with Crippen molar-refractivity contribution in [3.8, 4) is 11.5 Å². The molecule has 2 N–H and O–H groups in total.